The van der Waals surface area contributed by atoms with E-state index in [-0.39, 0.29) is 0 Å². The molecule has 6 heteroatoms. The molecular formula is C8H16O6. The molecule has 0 bridgehead atoms. The van der Waals surface area contributed by atoms with Gasteiger partial charge in [0.25, 0.3) is 0 Å². The van der Waals surface area contributed by atoms with Crippen LogP contribution in [0.1, 0.15) is 8.29 Å². The zero-order valence-corrected chi connectivity index (χ0v) is 7.83. The van der Waals surface area contributed by atoms with E-state index >= 15 is 0 Å². The number of methoxy groups -OCH3 is 1. The van der Waals surface area contributed by atoms with E-state index in [1.54, 1.807) is 0 Å². The molecule has 0 saturated carbocycles. The molecule has 14 heavy (non-hydrogen) atoms. The molecule has 1 aliphatic rings. The SMILES string of the molecule is [2H]COC1(C)O[C@H](CO)[C@@H](O)[C@H](O)[C@H]1O. The van der Waals surface area contributed by atoms with Crippen molar-refractivity contribution in [2.45, 2.75) is 37.1 Å². The average Bonchev–Trinajstić information content (AvgIpc) is 2.21. The number of aliphatic hydroxyl groups is 4. The Hall–Kier alpha value is -0.240. The molecule has 0 aromatic heterocycles. The lowest BCUT2D eigenvalue weighted by atomic mass is 9.93. The number of rotatable bonds is 2. The van der Waals surface area contributed by atoms with Crippen molar-refractivity contribution in [1.29, 1.82) is 0 Å². The van der Waals surface area contributed by atoms with Crippen molar-refractivity contribution in [1.82, 2.24) is 0 Å². The Kier molecular flexibility index (Phi) is 3.01. The van der Waals surface area contributed by atoms with E-state index in [0.29, 0.717) is 0 Å². The summed E-state index contributed by atoms with van der Waals surface area (Å²) in [6.07, 6.45) is -5.37. The summed E-state index contributed by atoms with van der Waals surface area (Å²) in [5.41, 5.74) is 0. The van der Waals surface area contributed by atoms with Crippen LogP contribution in [0.5, 0.6) is 0 Å². The quantitative estimate of drug-likeness (QED) is 0.413. The maximum atomic E-state index is 9.59. The fourth-order valence-corrected chi connectivity index (χ4v) is 1.42. The van der Waals surface area contributed by atoms with Gasteiger partial charge in [-0.05, 0) is 6.92 Å². The highest BCUT2D eigenvalue weighted by Crippen LogP contribution is 2.29. The van der Waals surface area contributed by atoms with Crippen LogP contribution >= 0.6 is 0 Å². The lowest BCUT2D eigenvalue weighted by molar-refractivity contribution is -0.349. The van der Waals surface area contributed by atoms with Gasteiger partial charge >= 0.3 is 0 Å². The molecule has 5 atom stereocenters. The van der Waals surface area contributed by atoms with Gasteiger partial charge in [0.15, 0.2) is 5.79 Å². The number of ether oxygens (including phenoxy) is 2. The molecule has 0 aromatic carbocycles. The molecule has 1 heterocycles. The van der Waals surface area contributed by atoms with Crippen molar-refractivity contribution < 1.29 is 31.3 Å². The highest BCUT2D eigenvalue weighted by Gasteiger charge is 2.50. The Morgan fingerprint density at radius 2 is 2.07 bits per heavy atom. The van der Waals surface area contributed by atoms with Crippen LogP contribution in [0.15, 0.2) is 0 Å². The van der Waals surface area contributed by atoms with E-state index in [0.717, 1.165) is 0 Å². The Bertz CT molecular complexity index is 213. The van der Waals surface area contributed by atoms with Crippen LogP contribution < -0.4 is 0 Å². The summed E-state index contributed by atoms with van der Waals surface area (Å²) in [6.45, 7) is 0.825. The maximum Gasteiger partial charge on any atom is 0.194 e. The average molecular weight is 209 g/mol. The first-order chi connectivity index (χ1) is 6.96. The predicted molar refractivity (Wildman–Crippen MR) is 45.4 cm³/mol. The summed E-state index contributed by atoms with van der Waals surface area (Å²) in [5, 5.41) is 37.4. The minimum atomic E-state index is -1.59. The molecule has 1 saturated heterocycles. The highest BCUT2D eigenvalue weighted by molar-refractivity contribution is 4.94. The van der Waals surface area contributed by atoms with Gasteiger partial charge in [-0.15, -0.1) is 0 Å². The second kappa shape index (κ2) is 4.09. The van der Waals surface area contributed by atoms with E-state index < -0.39 is 43.9 Å². The Balaban J connectivity index is 2.82. The normalized spacial score (nSPS) is 50.2. The van der Waals surface area contributed by atoms with Gasteiger partial charge in [-0.3, -0.25) is 0 Å². The van der Waals surface area contributed by atoms with Gasteiger partial charge in [0.2, 0.25) is 0 Å². The third kappa shape index (κ3) is 1.77. The first kappa shape index (κ1) is 10.3. The largest absolute Gasteiger partial charge is 0.394 e. The standard InChI is InChI=1S/C8H16O6/c1-8(13-2)7(12)6(11)5(10)4(3-9)14-8/h4-7,9-12H,3H2,1-2H3/t4-,5-,6+,7-,8?/m1/s1/i2D. The van der Waals surface area contributed by atoms with Crippen molar-refractivity contribution in [2.24, 2.45) is 0 Å². The van der Waals surface area contributed by atoms with Crippen LogP contribution in [-0.2, 0) is 9.47 Å². The van der Waals surface area contributed by atoms with Gasteiger partial charge in [-0.25, -0.2) is 0 Å². The monoisotopic (exact) mass is 209 g/mol. The minimum Gasteiger partial charge on any atom is -0.394 e. The molecule has 1 fully saturated rings. The van der Waals surface area contributed by atoms with Crippen molar-refractivity contribution in [3.63, 3.8) is 0 Å². The predicted octanol–water partition coefficient (Wildman–Crippen LogP) is -2.18. The summed E-state index contributed by atoms with van der Waals surface area (Å²) < 4.78 is 16.8. The molecule has 6 nitrogen and oxygen atoms in total. The van der Waals surface area contributed by atoms with Gasteiger partial charge in [0.05, 0.1) is 7.98 Å². The zero-order valence-electron chi connectivity index (χ0n) is 8.83. The molecule has 0 radical (unpaired) electrons. The van der Waals surface area contributed by atoms with Crippen molar-refractivity contribution in [3.8, 4) is 0 Å². The van der Waals surface area contributed by atoms with Crippen molar-refractivity contribution >= 4 is 0 Å². The molecule has 0 amide bonds. The summed E-state index contributed by atoms with van der Waals surface area (Å²) >= 11 is 0. The third-order valence-electron chi connectivity index (χ3n) is 2.44. The Morgan fingerprint density at radius 3 is 2.57 bits per heavy atom. The molecule has 1 rings (SSSR count). The first-order valence-corrected chi connectivity index (χ1v) is 4.22. The Labute approximate surface area is 83.1 Å². The van der Waals surface area contributed by atoms with Crippen LogP contribution in [0.25, 0.3) is 0 Å². The van der Waals surface area contributed by atoms with E-state index in [2.05, 4.69) is 0 Å². The van der Waals surface area contributed by atoms with Crippen LogP contribution in [0.2, 0.25) is 0 Å². The van der Waals surface area contributed by atoms with Gasteiger partial charge < -0.3 is 29.9 Å². The van der Waals surface area contributed by atoms with E-state index in [9.17, 15) is 15.3 Å². The zero-order chi connectivity index (χ0) is 11.6. The number of aliphatic hydroxyl groups excluding tert-OH is 4. The lowest BCUT2D eigenvalue weighted by Gasteiger charge is -2.45. The maximum absolute atomic E-state index is 9.59. The lowest BCUT2D eigenvalue weighted by Crippen LogP contribution is -2.64. The topological polar surface area (TPSA) is 99.4 Å². The molecule has 0 aliphatic carbocycles. The summed E-state index contributed by atoms with van der Waals surface area (Å²) in [5.74, 6) is -1.59. The summed E-state index contributed by atoms with van der Waals surface area (Å²) in [7, 11) is -0.464. The summed E-state index contributed by atoms with van der Waals surface area (Å²) in [6, 6.07) is 0. The van der Waals surface area contributed by atoms with E-state index in [1.807, 2.05) is 0 Å². The van der Waals surface area contributed by atoms with E-state index in [1.165, 1.54) is 6.92 Å². The molecule has 0 spiro atoms. The van der Waals surface area contributed by atoms with Crippen LogP contribution in [0, 0.1) is 0 Å². The molecule has 1 aliphatic heterocycles. The second-order valence-electron chi connectivity index (χ2n) is 3.43. The second-order valence-corrected chi connectivity index (χ2v) is 3.43. The molecule has 84 valence electrons. The number of hydrogen-bond donors (Lipinski definition) is 4. The van der Waals surface area contributed by atoms with Gasteiger partial charge in [-0.1, -0.05) is 0 Å². The first-order valence-electron chi connectivity index (χ1n) is 4.93. The molecule has 4 N–H and O–H groups in total. The van der Waals surface area contributed by atoms with Crippen molar-refractivity contribution in [3.05, 3.63) is 0 Å². The van der Waals surface area contributed by atoms with E-state index in [4.69, 9.17) is 16.0 Å². The number of hydrogen-bond acceptors (Lipinski definition) is 6. The highest BCUT2D eigenvalue weighted by atomic mass is 16.7. The molecule has 1 unspecified atom stereocenters. The fraction of sp³-hybridized carbons (Fsp3) is 1.00. The van der Waals surface area contributed by atoms with Gasteiger partial charge in [0.1, 0.15) is 24.4 Å². The van der Waals surface area contributed by atoms with Gasteiger partial charge in [0, 0.05) is 7.09 Å². The smallest absolute Gasteiger partial charge is 0.194 e. The molecular weight excluding hydrogens is 192 g/mol. The van der Waals surface area contributed by atoms with Crippen LogP contribution in [-0.4, -0.2) is 64.3 Å². The van der Waals surface area contributed by atoms with Crippen molar-refractivity contribution in [2.75, 3.05) is 13.7 Å². The minimum absolute atomic E-state index is 0.464. The molecule has 0 aromatic rings. The fourth-order valence-electron chi connectivity index (χ4n) is 1.42. The summed E-state index contributed by atoms with van der Waals surface area (Å²) in [4.78, 5) is 0. The Morgan fingerprint density at radius 1 is 1.43 bits per heavy atom. The third-order valence-corrected chi connectivity index (χ3v) is 2.44. The van der Waals surface area contributed by atoms with Crippen LogP contribution in [0.3, 0.4) is 0 Å². The van der Waals surface area contributed by atoms with Crippen LogP contribution in [0.4, 0.5) is 0 Å². The van der Waals surface area contributed by atoms with Gasteiger partial charge in [-0.2, -0.15) is 0 Å².